The Balaban J connectivity index is 2.08. The molecule has 0 spiro atoms. The number of nitrogens with two attached hydrogens (primary N) is 1. The van der Waals surface area contributed by atoms with E-state index in [1.54, 1.807) is 6.07 Å². The first kappa shape index (κ1) is 13.9. The van der Waals surface area contributed by atoms with Gasteiger partial charge in [-0.15, -0.1) is 0 Å². The summed E-state index contributed by atoms with van der Waals surface area (Å²) >= 11 is 0. The van der Waals surface area contributed by atoms with Crippen molar-refractivity contribution in [2.45, 2.75) is 6.54 Å². The maximum atomic E-state index is 11.3. The molecule has 20 heavy (non-hydrogen) atoms. The Bertz CT molecular complexity index is 596. The van der Waals surface area contributed by atoms with Gasteiger partial charge < -0.3 is 15.4 Å². The Morgan fingerprint density at radius 2 is 2.15 bits per heavy atom. The summed E-state index contributed by atoms with van der Waals surface area (Å²) in [5.74, 6) is -0.381. The summed E-state index contributed by atoms with van der Waals surface area (Å²) in [6.45, 7) is 0.630. The molecule has 104 valence electrons. The lowest BCUT2D eigenvalue weighted by Crippen LogP contribution is -2.17. The molecule has 0 saturated heterocycles. The molecule has 5 nitrogen and oxygen atoms in total. The van der Waals surface area contributed by atoms with Gasteiger partial charge >= 0.3 is 5.97 Å². The van der Waals surface area contributed by atoms with Crippen molar-refractivity contribution in [1.29, 1.82) is 0 Å². The highest BCUT2D eigenvalue weighted by Crippen LogP contribution is 2.17. The normalized spacial score (nSPS) is 10.1. The van der Waals surface area contributed by atoms with E-state index < -0.39 is 0 Å². The maximum Gasteiger partial charge on any atom is 0.339 e. The number of rotatable bonds is 4. The minimum atomic E-state index is -0.381. The van der Waals surface area contributed by atoms with E-state index in [1.807, 2.05) is 42.3 Å². The van der Waals surface area contributed by atoms with Crippen molar-refractivity contribution in [3.8, 4) is 0 Å². The molecule has 1 aromatic carbocycles. The lowest BCUT2D eigenvalue weighted by atomic mass is 10.2. The molecule has 2 aromatic rings. The van der Waals surface area contributed by atoms with Crippen LogP contribution < -0.4 is 10.6 Å². The molecular formula is C15H17N3O2. The van der Waals surface area contributed by atoms with Crippen LogP contribution in [-0.2, 0) is 11.3 Å². The zero-order valence-corrected chi connectivity index (χ0v) is 11.5. The van der Waals surface area contributed by atoms with E-state index in [2.05, 4.69) is 9.72 Å². The molecule has 0 bridgehead atoms. The first-order valence-corrected chi connectivity index (χ1v) is 6.20. The van der Waals surface area contributed by atoms with Gasteiger partial charge in [0.25, 0.3) is 0 Å². The number of aromatic nitrogens is 1. The van der Waals surface area contributed by atoms with Gasteiger partial charge in [-0.1, -0.05) is 6.07 Å². The third kappa shape index (κ3) is 3.26. The molecule has 2 rings (SSSR count). The summed E-state index contributed by atoms with van der Waals surface area (Å²) in [6.07, 6.45) is 1.52. The molecule has 2 N–H and O–H groups in total. The molecule has 5 heteroatoms. The number of carbonyl (C=O) groups is 1. The number of hydrogen-bond acceptors (Lipinski definition) is 5. The van der Waals surface area contributed by atoms with E-state index in [0.29, 0.717) is 12.1 Å². The Morgan fingerprint density at radius 1 is 1.35 bits per heavy atom. The molecule has 1 aromatic heterocycles. The molecule has 1 heterocycles. The summed E-state index contributed by atoms with van der Waals surface area (Å²) in [6, 6.07) is 11.2. The smallest absolute Gasteiger partial charge is 0.339 e. The van der Waals surface area contributed by atoms with E-state index in [4.69, 9.17) is 5.73 Å². The van der Waals surface area contributed by atoms with Crippen LogP contribution in [0, 0.1) is 0 Å². The van der Waals surface area contributed by atoms with Gasteiger partial charge in [-0.2, -0.15) is 0 Å². The Morgan fingerprint density at radius 3 is 2.75 bits per heavy atom. The number of carbonyl (C=O) groups excluding carboxylic acids is 1. The lowest BCUT2D eigenvalue weighted by molar-refractivity contribution is 0.0600. The van der Waals surface area contributed by atoms with Gasteiger partial charge in [0.1, 0.15) is 0 Å². The van der Waals surface area contributed by atoms with Crippen molar-refractivity contribution in [2.24, 2.45) is 0 Å². The van der Waals surface area contributed by atoms with Crippen molar-refractivity contribution in [3.63, 3.8) is 0 Å². The summed E-state index contributed by atoms with van der Waals surface area (Å²) in [5, 5.41) is 0. The summed E-state index contributed by atoms with van der Waals surface area (Å²) < 4.78 is 4.64. The number of hydrogen-bond donors (Lipinski definition) is 1. The van der Waals surface area contributed by atoms with Gasteiger partial charge in [0.15, 0.2) is 0 Å². The molecule has 0 aliphatic heterocycles. The van der Waals surface area contributed by atoms with Crippen molar-refractivity contribution < 1.29 is 9.53 Å². The number of ether oxygens (including phenoxy) is 1. The minimum Gasteiger partial charge on any atom is -0.465 e. The number of pyridine rings is 1. The number of esters is 1. The fraction of sp³-hybridized carbons (Fsp3) is 0.200. The summed E-state index contributed by atoms with van der Waals surface area (Å²) in [7, 11) is 3.31. The molecule has 0 radical (unpaired) electrons. The Labute approximate surface area is 118 Å². The third-order valence-electron chi connectivity index (χ3n) is 2.96. The number of nitrogens with zero attached hydrogens (tertiary/aromatic N) is 2. The van der Waals surface area contributed by atoms with Crippen molar-refractivity contribution >= 4 is 17.3 Å². The van der Waals surface area contributed by atoms with E-state index in [0.717, 1.165) is 17.1 Å². The van der Waals surface area contributed by atoms with Crippen molar-refractivity contribution in [3.05, 3.63) is 53.9 Å². The van der Waals surface area contributed by atoms with E-state index >= 15 is 0 Å². The van der Waals surface area contributed by atoms with E-state index in [9.17, 15) is 4.79 Å². The zero-order chi connectivity index (χ0) is 14.5. The average molecular weight is 271 g/mol. The minimum absolute atomic E-state index is 0.381. The second-order valence-electron chi connectivity index (χ2n) is 4.48. The highest BCUT2D eigenvalue weighted by Gasteiger charge is 2.07. The first-order valence-electron chi connectivity index (χ1n) is 6.20. The lowest BCUT2D eigenvalue weighted by Gasteiger charge is -2.19. The Hall–Kier alpha value is -2.56. The fourth-order valence-electron chi connectivity index (χ4n) is 1.85. The second-order valence-corrected chi connectivity index (χ2v) is 4.48. The Kier molecular flexibility index (Phi) is 4.20. The van der Waals surface area contributed by atoms with Crippen LogP contribution in [0.25, 0.3) is 0 Å². The van der Waals surface area contributed by atoms with E-state index in [1.165, 1.54) is 13.3 Å². The first-order chi connectivity index (χ1) is 9.60. The predicted octanol–water partition coefficient (Wildman–Crippen LogP) is 2.09. The van der Waals surface area contributed by atoms with Gasteiger partial charge in [-0.05, 0) is 30.3 Å². The third-order valence-corrected chi connectivity index (χ3v) is 2.96. The molecule has 0 saturated carbocycles. The van der Waals surface area contributed by atoms with Crippen LogP contribution in [0.5, 0.6) is 0 Å². The van der Waals surface area contributed by atoms with Gasteiger partial charge in [-0.3, -0.25) is 4.98 Å². The van der Waals surface area contributed by atoms with Gasteiger partial charge in [-0.25, -0.2) is 4.79 Å². The average Bonchev–Trinajstić information content (AvgIpc) is 2.47. The monoisotopic (exact) mass is 271 g/mol. The SMILES string of the molecule is COC(=O)c1ccc(CN(C)c2cccc(N)c2)nc1. The van der Waals surface area contributed by atoms with Crippen LogP contribution in [0.4, 0.5) is 11.4 Å². The second kappa shape index (κ2) is 6.06. The van der Waals surface area contributed by atoms with Crippen LogP contribution in [-0.4, -0.2) is 25.1 Å². The van der Waals surface area contributed by atoms with Crippen LogP contribution in [0.3, 0.4) is 0 Å². The molecule has 0 atom stereocenters. The molecular weight excluding hydrogens is 254 g/mol. The van der Waals surface area contributed by atoms with Crippen LogP contribution in [0.1, 0.15) is 16.1 Å². The van der Waals surface area contributed by atoms with E-state index in [-0.39, 0.29) is 5.97 Å². The summed E-state index contributed by atoms with van der Waals surface area (Å²) in [5.41, 5.74) is 8.82. The standard InChI is InChI=1S/C15H17N3O2/c1-18(14-5-3-4-12(16)8-14)10-13-7-6-11(9-17-13)15(19)20-2/h3-9H,10,16H2,1-2H3. The van der Waals surface area contributed by atoms with Gasteiger partial charge in [0.2, 0.25) is 0 Å². The topological polar surface area (TPSA) is 68.5 Å². The quantitative estimate of drug-likeness (QED) is 0.681. The largest absolute Gasteiger partial charge is 0.465 e. The highest BCUT2D eigenvalue weighted by atomic mass is 16.5. The molecule has 0 fully saturated rings. The summed E-state index contributed by atoms with van der Waals surface area (Å²) in [4.78, 5) is 17.6. The van der Waals surface area contributed by atoms with Gasteiger partial charge in [0, 0.05) is 24.6 Å². The fourth-order valence-corrected chi connectivity index (χ4v) is 1.85. The number of benzene rings is 1. The van der Waals surface area contributed by atoms with Crippen LogP contribution >= 0.6 is 0 Å². The molecule has 0 aliphatic rings. The maximum absolute atomic E-state index is 11.3. The van der Waals surface area contributed by atoms with Gasteiger partial charge in [0.05, 0.1) is 24.9 Å². The van der Waals surface area contributed by atoms with Crippen LogP contribution in [0.15, 0.2) is 42.6 Å². The number of nitrogen functional groups attached to an aromatic ring is 1. The zero-order valence-electron chi connectivity index (χ0n) is 11.5. The van der Waals surface area contributed by atoms with Crippen molar-refractivity contribution in [2.75, 3.05) is 24.8 Å². The number of methoxy groups -OCH3 is 1. The van der Waals surface area contributed by atoms with Crippen LogP contribution in [0.2, 0.25) is 0 Å². The molecule has 0 unspecified atom stereocenters. The number of anilines is 2. The molecule has 0 amide bonds. The highest BCUT2D eigenvalue weighted by molar-refractivity contribution is 5.88. The van der Waals surface area contributed by atoms with Crippen molar-refractivity contribution in [1.82, 2.24) is 4.98 Å². The predicted molar refractivity (Wildman–Crippen MR) is 78.5 cm³/mol. The molecule has 0 aliphatic carbocycles.